The summed E-state index contributed by atoms with van der Waals surface area (Å²) in [5.74, 6) is -1.70. The number of nitro benzene ring substituents is 1. The Hall–Kier alpha value is -0.975. The summed E-state index contributed by atoms with van der Waals surface area (Å²) >= 11 is 2.90. The van der Waals surface area contributed by atoms with E-state index in [9.17, 15) is 14.5 Å². The molecule has 0 aliphatic rings. The van der Waals surface area contributed by atoms with Gasteiger partial charge < -0.3 is 4.74 Å². The molecule has 0 spiro atoms. The van der Waals surface area contributed by atoms with Gasteiger partial charge >= 0.3 is 5.69 Å². The molecule has 9 heteroatoms. The quantitative estimate of drug-likeness (QED) is 0.471. The van der Waals surface area contributed by atoms with Gasteiger partial charge in [-0.3, -0.25) is 10.1 Å². The van der Waals surface area contributed by atoms with Crippen molar-refractivity contribution in [1.82, 2.24) is 0 Å². The van der Waals surface area contributed by atoms with E-state index in [1.165, 1.54) is 0 Å². The normalized spacial score (nSPS) is 11.1. The highest BCUT2D eigenvalue weighted by atomic mass is 79.9. The average molecular weight is 279 g/mol. The minimum Gasteiger partial charge on any atom is -0.508 e. The summed E-state index contributed by atoms with van der Waals surface area (Å²) in [6.45, 7) is 0. The summed E-state index contributed by atoms with van der Waals surface area (Å²) in [6.07, 6.45) is 0. The summed E-state index contributed by atoms with van der Waals surface area (Å²) in [7, 11) is 15.2. The molecule has 1 aromatic carbocycles. The van der Waals surface area contributed by atoms with E-state index >= 15 is 0 Å². The predicted octanol–water partition coefficient (Wildman–Crippen LogP) is 0.992. The number of hydrogen-bond donors (Lipinski definition) is 0. The van der Waals surface area contributed by atoms with E-state index < -0.39 is 27.5 Å². The highest BCUT2D eigenvalue weighted by molar-refractivity contribution is 9.10. The van der Waals surface area contributed by atoms with E-state index in [0.717, 1.165) is 12.1 Å². The number of hydrogen-bond acceptors (Lipinski definition) is 3. The van der Waals surface area contributed by atoms with Crippen LogP contribution >= 0.6 is 15.9 Å². The van der Waals surface area contributed by atoms with Crippen LogP contribution in [0.25, 0.3) is 0 Å². The third kappa shape index (κ3) is 3.26. The Balaban J connectivity index is 3.30. The topological polar surface area (TPSA) is 52.4 Å². The minimum absolute atomic E-state index is 0.181. The maximum absolute atomic E-state index is 13.4. The summed E-state index contributed by atoms with van der Waals surface area (Å²) in [5.41, 5.74) is -0.627. The van der Waals surface area contributed by atoms with E-state index in [0.29, 0.717) is 0 Å². The Kier molecular flexibility index (Phi) is 3.67. The van der Waals surface area contributed by atoms with Crippen molar-refractivity contribution >= 4 is 45.2 Å². The average Bonchev–Trinajstić information content (AvgIpc) is 2.07. The van der Waals surface area contributed by atoms with Gasteiger partial charge in [0.25, 0.3) is 0 Å². The molecule has 0 aliphatic heterocycles. The maximum atomic E-state index is 13.4. The van der Waals surface area contributed by atoms with Crippen LogP contribution in [0.2, 0.25) is 0 Å². The van der Waals surface area contributed by atoms with Gasteiger partial charge in [0.2, 0.25) is 5.75 Å². The van der Waals surface area contributed by atoms with Crippen LogP contribution in [0.3, 0.4) is 0 Å². The third-order valence-electron chi connectivity index (χ3n) is 1.46. The van der Waals surface area contributed by atoms with E-state index in [-0.39, 0.29) is 4.47 Å². The molecular weight excluding hydrogens is 277 g/mol. The van der Waals surface area contributed by atoms with Gasteiger partial charge in [0.05, 0.1) is 4.92 Å². The van der Waals surface area contributed by atoms with Gasteiger partial charge in [0, 0.05) is 10.5 Å². The number of nitro groups is 1. The van der Waals surface area contributed by atoms with Crippen LogP contribution < -0.4 is 4.74 Å². The molecule has 16 heavy (non-hydrogen) atoms. The fraction of sp³-hybridized carbons (Fsp3) is 0.143. The van der Waals surface area contributed by atoms with Gasteiger partial charge in [-0.1, -0.05) is 15.9 Å². The second-order valence-corrected chi connectivity index (χ2v) is 3.86. The molecule has 0 saturated heterocycles. The van der Waals surface area contributed by atoms with Gasteiger partial charge in [0.15, 0.2) is 5.82 Å². The summed E-state index contributed by atoms with van der Waals surface area (Å²) in [5, 5.41) is 8.43. The summed E-state index contributed by atoms with van der Waals surface area (Å²) in [4.78, 5) is 9.79. The number of ether oxygens (including phenoxy) is 1. The molecule has 0 bridgehead atoms. The lowest BCUT2D eigenvalue weighted by Crippen LogP contribution is -2.38. The van der Waals surface area contributed by atoms with Gasteiger partial charge in [-0.25, -0.2) is 4.39 Å². The Morgan fingerprint density at radius 3 is 2.44 bits per heavy atom. The first kappa shape index (κ1) is 13.1. The van der Waals surface area contributed by atoms with Crippen LogP contribution in [-0.2, 0) is 0 Å². The largest absolute Gasteiger partial charge is 0.508 e. The van der Waals surface area contributed by atoms with Crippen LogP contribution in [0.1, 0.15) is 0 Å². The molecule has 0 amide bonds. The zero-order valence-corrected chi connectivity index (χ0v) is 9.40. The molecule has 76 valence electrons. The number of benzene rings is 1. The molecule has 0 aliphatic carbocycles. The van der Waals surface area contributed by atoms with Crippen molar-refractivity contribution in [3.63, 3.8) is 0 Å². The van der Waals surface area contributed by atoms with E-state index in [2.05, 4.69) is 20.7 Å². The molecule has 0 atom stereocenters. The molecule has 1 rings (SSSR count). The molecular formula is C7H2B3BrFNO3. The summed E-state index contributed by atoms with van der Waals surface area (Å²) < 4.78 is 18.1. The monoisotopic (exact) mass is 279 g/mol. The lowest BCUT2D eigenvalue weighted by Gasteiger charge is -2.23. The van der Waals surface area contributed by atoms with Crippen molar-refractivity contribution in [3.05, 3.63) is 32.5 Å². The van der Waals surface area contributed by atoms with Crippen molar-refractivity contribution in [3.8, 4) is 5.75 Å². The van der Waals surface area contributed by atoms with Gasteiger partial charge in [-0.05, 0) is 11.4 Å². The third-order valence-corrected chi connectivity index (χ3v) is 1.92. The van der Waals surface area contributed by atoms with Gasteiger partial charge in [-0.2, -0.15) is 0 Å². The first-order valence-electron chi connectivity index (χ1n) is 3.90. The maximum Gasteiger partial charge on any atom is 0.315 e. The fourth-order valence-corrected chi connectivity index (χ4v) is 1.38. The highest BCUT2D eigenvalue weighted by Gasteiger charge is 2.24. The Morgan fingerprint density at radius 1 is 1.44 bits per heavy atom. The fourth-order valence-electron chi connectivity index (χ4n) is 0.960. The van der Waals surface area contributed by atoms with Crippen molar-refractivity contribution < 1.29 is 14.1 Å². The highest BCUT2D eigenvalue weighted by Crippen LogP contribution is 2.34. The predicted molar refractivity (Wildman–Crippen MR) is 61.4 cm³/mol. The van der Waals surface area contributed by atoms with E-state index in [4.69, 9.17) is 23.5 Å². The standard InChI is InChI=1S/C7H2B3BrFNO3/c8-7(9,10)16-6-4(12)1-3(11)2-5(6)13(14)15/h1-2H. The number of rotatable bonds is 3. The van der Waals surface area contributed by atoms with Crippen molar-refractivity contribution in [2.75, 3.05) is 0 Å². The molecule has 0 saturated carbocycles. The Labute approximate surface area is 103 Å². The second-order valence-electron chi connectivity index (χ2n) is 2.95. The van der Waals surface area contributed by atoms with Crippen LogP contribution in [0, 0.1) is 15.9 Å². The van der Waals surface area contributed by atoms with E-state index in [1.807, 2.05) is 0 Å². The second kappa shape index (κ2) is 4.49. The minimum atomic E-state index is -2.20. The zero-order valence-electron chi connectivity index (χ0n) is 7.81. The Morgan fingerprint density at radius 2 is 2.00 bits per heavy atom. The lowest BCUT2D eigenvalue weighted by atomic mass is 9.52. The Bertz CT molecular complexity index is 438. The molecule has 0 heterocycles. The molecule has 0 aromatic heterocycles. The van der Waals surface area contributed by atoms with Gasteiger partial charge in [-0.15, -0.1) is 0 Å². The molecule has 0 fully saturated rings. The number of nitrogens with zero attached hydrogens (tertiary/aromatic N) is 1. The van der Waals surface area contributed by atoms with Gasteiger partial charge in [0.1, 0.15) is 23.5 Å². The van der Waals surface area contributed by atoms with Crippen molar-refractivity contribution in [2.45, 2.75) is 5.30 Å². The van der Waals surface area contributed by atoms with Crippen LogP contribution in [0.4, 0.5) is 10.1 Å². The molecule has 0 N–H and O–H groups in total. The molecule has 4 nitrogen and oxygen atoms in total. The van der Waals surface area contributed by atoms with Crippen LogP contribution in [0.15, 0.2) is 16.6 Å². The van der Waals surface area contributed by atoms with Crippen LogP contribution in [0.5, 0.6) is 5.75 Å². The van der Waals surface area contributed by atoms with Crippen molar-refractivity contribution in [1.29, 1.82) is 0 Å². The molecule has 1 aromatic rings. The summed E-state index contributed by atoms with van der Waals surface area (Å²) in [6, 6.07) is 2.01. The van der Waals surface area contributed by atoms with Crippen molar-refractivity contribution in [2.24, 2.45) is 0 Å². The molecule has 0 unspecified atom stereocenters. The van der Waals surface area contributed by atoms with E-state index in [1.54, 1.807) is 0 Å². The first-order valence-corrected chi connectivity index (χ1v) is 4.69. The molecule has 6 radical (unpaired) electrons. The first-order chi connectivity index (χ1) is 7.20. The lowest BCUT2D eigenvalue weighted by molar-refractivity contribution is -0.386. The SMILES string of the molecule is [B]C([B])([B])Oc1c(F)cc(Br)cc1[N+](=O)[O-]. The zero-order chi connectivity index (χ0) is 12.5. The smallest absolute Gasteiger partial charge is 0.315 e. The number of halogens is 2. The van der Waals surface area contributed by atoms with Crippen LogP contribution in [-0.4, -0.2) is 33.8 Å².